The first-order valence-electron chi connectivity index (χ1n) is 8.13. The van der Waals surface area contributed by atoms with Crippen molar-refractivity contribution >= 4 is 5.97 Å². The molecule has 4 atom stereocenters. The van der Waals surface area contributed by atoms with Gasteiger partial charge in [0.1, 0.15) is 6.10 Å². The fraction of sp³-hybridized carbons (Fsp3) is 0.833. The lowest BCUT2D eigenvalue weighted by atomic mass is 9.75. The van der Waals surface area contributed by atoms with E-state index < -0.39 is 0 Å². The van der Waals surface area contributed by atoms with E-state index in [1.165, 1.54) is 18.4 Å². The Hall–Kier alpha value is -0.790. The van der Waals surface area contributed by atoms with Gasteiger partial charge in [0.2, 0.25) is 0 Å². The summed E-state index contributed by atoms with van der Waals surface area (Å²) in [4.78, 5) is 12.3. The largest absolute Gasteiger partial charge is 0.461 e. The van der Waals surface area contributed by atoms with Crippen molar-refractivity contribution in [1.29, 1.82) is 0 Å². The summed E-state index contributed by atoms with van der Waals surface area (Å²) in [6, 6.07) is 0. The SMILES string of the molecule is CC(C)[C@H]1CC[C@H](C)C[C@@H]1OC(=O)[C@@H]1C=C1C(C)(C)C. The van der Waals surface area contributed by atoms with E-state index in [9.17, 15) is 4.79 Å². The highest BCUT2D eigenvalue weighted by atomic mass is 16.5. The lowest BCUT2D eigenvalue weighted by Gasteiger charge is -2.36. The molecule has 2 rings (SSSR count). The normalized spacial score (nSPS) is 33.9. The highest BCUT2D eigenvalue weighted by Gasteiger charge is 2.42. The van der Waals surface area contributed by atoms with Gasteiger partial charge in [-0.3, -0.25) is 4.79 Å². The molecule has 0 aromatic heterocycles. The molecule has 0 aromatic rings. The summed E-state index contributed by atoms with van der Waals surface area (Å²) < 4.78 is 5.89. The summed E-state index contributed by atoms with van der Waals surface area (Å²) in [5.74, 6) is 1.75. The van der Waals surface area contributed by atoms with Crippen molar-refractivity contribution in [3.8, 4) is 0 Å². The van der Waals surface area contributed by atoms with Crippen LogP contribution < -0.4 is 0 Å². The Balaban J connectivity index is 1.93. The van der Waals surface area contributed by atoms with Gasteiger partial charge in [-0.25, -0.2) is 0 Å². The van der Waals surface area contributed by atoms with Gasteiger partial charge in [-0.15, -0.1) is 0 Å². The molecule has 0 N–H and O–H groups in total. The summed E-state index contributed by atoms with van der Waals surface area (Å²) >= 11 is 0. The second kappa shape index (κ2) is 5.54. The maximum absolute atomic E-state index is 12.3. The van der Waals surface area contributed by atoms with Gasteiger partial charge in [-0.05, 0) is 41.6 Å². The lowest BCUT2D eigenvalue weighted by Crippen LogP contribution is -2.36. The van der Waals surface area contributed by atoms with Gasteiger partial charge in [0.15, 0.2) is 0 Å². The molecule has 0 heterocycles. The Labute approximate surface area is 124 Å². The van der Waals surface area contributed by atoms with Crippen LogP contribution in [0.3, 0.4) is 0 Å². The van der Waals surface area contributed by atoms with E-state index in [2.05, 4.69) is 47.6 Å². The molecule has 0 unspecified atom stereocenters. The first-order chi connectivity index (χ1) is 9.20. The Bertz CT molecular complexity index is 400. The van der Waals surface area contributed by atoms with Crippen molar-refractivity contribution in [2.45, 2.75) is 66.9 Å². The summed E-state index contributed by atoms with van der Waals surface area (Å²) in [6.45, 7) is 13.2. The fourth-order valence-corrected chi connectivity index (χ4v) is 3.52. The monoisotopic (exact) mass is 278 g/mol. The van der Waals surface area contributed by atoms with E-state index >= 15 is 0 Å². The van der Waals surface area contributed by atoms with Crippen molar-refractivity contribution in [2.75, 3.05) is 0 Å². The van der Waals surface area contributed by atoms with Crippen molar-refractivity contribution in [3.05, 3.63) is 11.6 Å². The molecule has 0 aromatic carbocycles. The van der Waals surface area contributed by atoms with E-state index in [0.717, 1.165) is 6.42 Å². The highest BCUT2D eigenvalue weighted by Crippen LogP contribution is 2.45. The van der Waals surface area contributed by atoms with Crippen LogP contribution in [0.15, 0.2) is 11.6 Å². The van der Waals surface area contributed by atoms with Gasteiger partial charge in [-0.1, -0.05) is 54.0 Å². The zero-order valence-corrected chi connectivity index (χ0v) is 13.9. The van der Waals surface area contributed by atoms with Crippen LogP contribution in [0.2, 0.25) is 0 Å². The summed E-state index contributed by atoms with van der Waals surface area (Å²) in [5.41, 5.74) is 1.34. The smallest absolute Gasteiger partial charge is 0.317 e. The number of hydrogen-bond acceptors (Lipinski definition) is 2. The number of hydrogen-bond donors (Lipinski definition) is 0. The van der Waals surface area contributed by atoms with E-state index in [-0.39, 0.29) is 23.4 Å². The number of rotatable bonds is 3. The molecule has 114 valence electrons. The first-order valence-corrected chi connectivity index (χ1v) is 8.13. The summed E-state index contributed by atoms with van der Waals surface area (Å²) in [6.07, 6.45) is 5.69. The van der Waals surface area contributed by atoms with Gasteiger partial charge in [0.05, 0.1) is 5.92 Å². The predicted molar refractivity (Wildman–Crippen MR) is 82.3 cm³/mol. The lowest BCUT2D eigenvalue weighted by molar-refractivity contribution is -0.157. The van der Waals surface area contributed by atoms with Crippen LogP contribution in [0, 0.1) is 29.1 Å². The third-order valence-corrected chi connectivity index (χ3v) is 4.92. The Kier molecular flexibility index (Phi) is 4.32. The summed E-state index contributed by atoms with van der Waals surface area (Å²) in [7, 11) is 0. The van der Waals surface area contributed by atoms with E-state index in [1.54, 1.807) is 0 Å². The van der Waals surface area contributed by atoms with Crippen LogP contribution in [0.5, 0.6) is 0 Å². The predicted octanol–water partition coefficient (Wildman–Crippen LogP) is 4.59. The van der Waals surface area contributed by atoms with Gasteiger partial charge < -0.3 is 4.74 Å². The van der Waals surface area contributed by atoms with Gasteiger partial charge in [-0.2, -0.15) is 0 Å². The zero-order chi connectivity index (χ0) is 15.1. The number of carbonyl (C=O) groups is 1. The summed E-state index contributed by atoms with van der Waals surface area (Å²) in [5, 5.41) is 0. The van der Waals surface area contributed by atoms with Gasteiger partial charge >= 0.3 is 5.97 Å². The molecule has 1 fully saturated rings. The second-order valence-electron chi connectivity index (χ2n) is 8.15. The fourth-order valence-electron chi connectivity index (χ4n) is 3.52. The second-order valence-corrected chi connectivity index (χ2v) is 8.15. The zero-order valence-electron chi connectivity index (χ0n) is 13.9. The molecular formula is C18H30O2. The molecule has 0 amide bonds. The van der Waals surface area contributed by atoms with Gasteiger partial charge in [0.25, 0.3) is 0 Å². The molecule has 2 aliphatic rings. The number of carbonyl (C=O) groups excluding carboxylic acids is 1. The molecule has 0 radical (unpaired) electrons. The molecule has 0 spiro atoms. The van der Waals surface area contributed by atoms with Crippen LogP contribution in [0.4, 0.5) is 0 Å². The van der Waals surface area contributed by atoms with Crippen molar-refractivity contribution < 1.29 is 9.53 Å². The number of ether oxygens (including phenoxy) is 1. The topological polar surface area (TPSA) is 26.3 Å². The van der Waals surface area contributed by atoms with Gasteiger partial charge in [0, 0.05) is 0 Å². The van der Waals surface area contributed by atoms with Crippen LogP contribution in [0.1, 0.15) is 60.8 Å². The van der Waals surface area contributed by atoms with Crippen molar-refractivity contribution in [3.63, 3.8) is 0 Å². The molecule has 0 bridgehead atoms. The maximum Gasteiger partial charge on any atom is 0.317 e. The average Bonchev–Trinajstić information content (AvgIpc) is 3.07. The van der Waals surface area contributed by atoms with Crippen LogP contribution in [-0.2, 0) is 9.53 Å². The third-order valence-electron chi connectivity index (χ3n) is 4.92. The maximum atomic E-state index is 12.3. The Morgan fingerprint density at radius 2 is 1.95 bits per heavy atom. The van der Waals surface area contributed by atoms with Crippen molar-refractivity contribution in [1.82, 2.24) is 0 Å². The van der Waals surface area contributed by atoms with Crippen LogP contribution >= 0.6 is 0 Å². The van der Waals surface area contributed by atoms with E-state index in [1.807, 2.05) is 0 Å². The first kappa shape index (κ1) is 15.6. The van der Waals surface area contributed by atoms with Crippen LogP contribution in [0.25, 0.3) is 0 Å². The molecule has 2 heteroatoms. The number of esters is 1. The van der Waals surface area contributed by atoms with E-state index in [0.29, 0.717) is 17.8 Å². The highest BCUT2D eigenvalue weighted by molar-refractivity contribution is 5.84. The van der Waals surface area contributed by atoms with Crippen LogP contribution in [-0.4, -0.2) is 12.1 Å². The molecule has 0 aliphatic heterocycles. The Morgan fingerprint density at radius 3 is 2.45 bits per heavy atom. The molecule has 2 aliphatic carbocycles. The third kappa shape index (κ3) is 3.45. The van der Waals surface area contributed by atoms with Crippen molar-refractivity contribution in [2.24, 2.45) is 29.1 Å². The molecule has 0 saturated heterocycles. The quantitative estimate of drug-likeness (QED) is 0.557. The van der Waals surface area contributed by atoms with E-state index in [4.69, 9.17) is 4.74 Å². The minimum absolute atomic E-state index is 0.0142. The molecule has 20 heavy (non-hydrogen) atoms. The minimum Gasteiger partial charge on any atom is -0.461 e. The molecule has 2 nitrogen and oxygen atoms in total. The Morgan fingerprint density at radius 1 is 1.30 bits per heavy atom. The minimum atomic E-state index is -0.0416. The average molecular weight is 278 g/mol. The molecule has 1 saturated carbocycles. The molecular weight excluding hydrogens is 248 g/mol. The standard InChI is InChI=1S/C18H30O2/c1-11(2)13-8-7-12(3)9-16(13)20-17(19)14-10-15(14)18(4,5)6/h10-14,16H,7-9H2,1-6H3/t12-,13+,14+,16-/m0/s1.